The van der Waals surface area contributed by atoms with Crippen molar-refractivity contribution in [2.45, 2.75) is 21.9 Å². The number of carboxylic acids is 1. The molecule has 1 heterocycles. The Bertz CT molecular complexity index is 617. The summed E-state index contributed by atoms with van der Waals surface area (Å²) in [5, 5.41) is 10.8. The van der Waals surface area contributed by atoms with E-state index in [1.165, 1.54) is 18.1 Å². The first-order chi connectivity index (χ1) is 9.10. The minimum Gasteiger partial charge on any atom is -0.478 e. The number of hydrogen-bond acceptors (Lipinski definition) is 5. The molecule has 98 valence electrons. The zero-order valence-electron chi connectivity index (χ0n) is 10.5. The molecule has 4 nitrogen and oxygen atoms in total. The number of aryl methyl sites for hydroxylation is 1. The molecule has 0 aliphatic carbocycles. The summed E-state index contributed by atoms with van der Waals surface area (Å²) in [4.78, 5) is 20.2. The van der Waals surface area contributed by atoms with Crippen LogP contribution in [0, 0.1) is 6.92 Å². The average Bonchev–Trinajstić information content (AvgIpc) is 2.41. The fourth-order valence-electron chi connectivity index (χ4n) is 1.51. The third-order valence-corrected chi connectivity index (χ3v) is 4.05. The van der Waals surface area contributed by atoms with Crippen molar-refractivity contribution < 1.29 is 9.90 Å². The van der Waals surface area contributed by atoms with Crippen molar-refractivity contribution in [2.75, 3.05) is 6.26 Å². The molecule has 0 saturated heterocycles. The molecule has 0 bridgehead atoms. The van der Waals surface area contributed by atoms with Gasteiger partial charge in [0, 0.05) is 11.0 Å². The van der Waals surface area contributed by atoms with Crippen molar-refractivity contribution in [1.29, 1.82) is 0 Å². The highest BCUT2D eigenvalue weighted by atomic mass is 32.2. The second-order valence-electron chi connectivity index (χ2n) is 3.78. The summed E-state index contributed by atoms with van der Waals surface area (Å²) in [5.41, 5.74) is 1.08. The summed E-state index contributed by atoms with van der Waals surface area (Å²) in [6.07, 6.45) is 3.46. The Morgan fingerprint density at radius 2 is 1.95 bits per heavy atom. The number of aromatic nitrogens is 2. The van der Waals surface area contributed by atoms with Crippen molar-refractivity contribution >= 4 is 29.5 Å². The molecule has 19 heavy (non-hydrogen) atoms. The Kier molecular flexibility index (Phi) is 4.44. The maximum Gasteiger partial charge on any atom is 0.335 e. The maximum atomic E-state index is 11.1. The lowest BCUT2D eigenvalue weighted by Crippen LogP contribution is -1.99. The lowest BCUT2D eigenvalue weighted by molar-refractivity contribution is 0.0696. The van der Waals surface area contributed by atoms with Crippen LogP contribution >= 0.6 is 23.5 Å². The Labute approximate surface area is 119 Å². The molecule has 0 fully saturated rings. The van der Waals surface area contributed by atoms with Gasteiger partial charge >= 0.3 is 5.97 Å². The predicted octanol–water partition coefficient (Wildman–Crippen LogP) is 3.36. The van der Waals surface area contributed by atoms with Crippen LogP contribution in [0.15, 0.2) is 45.5 Å². The highest BCUT2D eigenvalue weighted by Crippen LogP contribution is 2.29. The van der Waals surface area contributed by atoms with Gasteiger partial charge in [-0.25, -0.2) is 14.8 Å². The molecule has 1 aromatic heterocycles. The van der Waals surface area contributed by atoms with Crippen LogP contribution in [-0.4, -0.2) is 27.3 Å². The smallest absolute Gasteiger partial charge is 0.335 e. The average molecular weight is 292 g/mol. The van der Waals surface area contributed by atoms with Gasteiger partial charge in [-0.3, -0.25) is 0 Å². The second-order valence-corrected chi connectivity index (χ2v) is 5.70. The fourth-order valence-corrected chi connectivity index (χ4v) is 2.79. The van der Waals surface area contributed by atoms with Crippen LogP contribution in [0.5, 0.6) is 0 Å². The summed E-state index contributed by atoms with van der Waals surface area (Å²) < 4.78 is 0. The third kappa shape index (κ3) is 3.48. The summed E-state index contributed by atoms with van der Waals surface area (Å²) >= 11 is 2.98. The predicted molar refractivity (Wildman–Crippen MR) is 76.1 cm³/mol. The molecular formula is C13H12N2O2S2. The van der Waals surface area contributed by atoms with Crippen molar-refractivity contribution in [2.24, 2.45) is 0 Å². The number of benzene rings is 1. The van der Waals surface area contributed by atoms with Gasteiger partial charge in [0.05, 0.1) is 5.56 Å². The summed E-state index contributed by atoms with van der Waals surface area (Å²) in [6, 6.07) is 7.26. The topological polar surface area (TPSA) is 63.1 Å². The number of aromatic carboxylic acids is 1. The zero-order chi connectivity index (χ0) is 13.8. The molecule has 2 aromatic rings. The quantitative estimate of drug-likeness (QED) is 0.688. The summed E-state index contributed by atoms with van der Waals surface area (Å²) in [5.74, 6) is -0.910. The minimum atomic E-state index is -0.910. The van der Waals surface area contributed by atoms with Gasteiger partial charge in [0.1, 0.15) is 16.4 Å². The molecule has 1 aromatic carbocycles. The first-order valence-electron chi connectivity index (χ1n) is 5.48. The maximum absolute atomic E-state index is 11.1. The standard InChI is InChI=1S/C13H12N2O2S2/c1-8-3-4-9(5-10(8)13(16)17)19-12-6-11(18-2)14-7-15-12/h3-7H,1-2H3,(H,16,17). The molecular weight excluding hydrogens is 280 g/mol. The number of nitrogens with zero attached hydrogens (tertiary/aromatic N) is 2. The zero-order valence-corrected chi connectivity index (χ0v) is 12.1. The van der Waals surface area contributed by atoms with E-state index >= 15 is 0 Å². The van der Waals surface area contributed by atoms with Crippen LogP contribution in [0.25, 0.3) is 0 Å². The Morgan fingerprint density at radius 1 is 1.21 bits per heavy atom. The largest absolute Gasteiger partial charge is 0.478 e. The molecule has 0 spiro atoms. The van der Waals surface area contributed by atoms with E-state index in [0.29, 0.717) is 5.56 Å². The molecule has 1 N–H and O–H groups in total. The van der Waals surface area contributed by atoms with Crippen molar-refractivity contribution in [3.05, 3.63) is 41.7 Å². The van der Waals surface area contributed by atoms with E-state index in [1.54, 1.807) is 24.8 Å². The minimum absolute atomic E-state index is 0.323. The number of rotatable bonds is 4. The molecule has 0 atom stereocenters. The van der Waals surface area contributed by atoms with Crippen molar-refractivity contribution in [1.82, 2.24) is 9.97 Å². The van der Waals surface area contributed by atoms with Crippen molar-refractivity contribution in [3.63, 3.8) is 0 Å². The molecule has 0 saturated carbocycles. The molecule has 0 amide bonds. The number of hydrogen-bond donors (Lipinski definition) is 1. The molecule has 0 aliphatic rings. The Hall–Kier alpha value is -1.53. The molecule has 0 radical (unpaired) electrons. The van der Waals surface area contributed by atoms with Crippen LogP contribution in [0.4, 0.5) is 0 Å². The van der Waals surface area contributed by atoms with Crippen LogP contribution in [0.3, 0.4) is 0 Å². The van der Waals surface area contributed by atoms with E-state index in [4.69, 9.17) is 5.11 Å². The van der Waals surface area contributed by atoms with E-state index in [-0.39, 0.29) is 0 Å². The van der Waals surface area contributed by atoms with Gasteiger partial charge in [0.15, 0.2) is 0 Å². The van der Waals surface area contributed by atoms with Gasteiger partial charge in [0.2, 0.25) is 0 Å². The van der Waals surface area contributed by atoms with Crippen LogP contribution in [-0.2, 0) is 0 Å². The Morgan fingerprint density at radius 3 is 2.63 bits per heavy atom. The van der Waals surface area contributed by atoms with E-state index in [2.05, 4.69) is 9.97 Å². The first-order valence-corrected chi connectivity index (χ1v) is 7.52. The monoisotopic (exact) mass is 292 g/mol. The molecule has 0 unspecified atom stereocenters. The van der Waals surface area contributed by atoms with E-state index < -0.39 is 5.97 Å². The third-order valence-electron chi connectivity index (χ3n) is 2.49. The lowest BCUT2D eigenvalue weighted by atomic mass is 10.1. The van der Waals surface area contributed by atoms with E-state index in [1.807, 2.05) is 24.5 Å². The van der Waals surface area contributed by atoms with E-state index in [9.17, 15) is 4.79 Å². The van der Waals surface area contributed by atoms with Gasteiger partial charge in [-0.15, -0.1) is 11.8 Å². The van der Waals surface area contributed by atoms with Gasteiger partial charge in [-0.2, -0.15) is 0 Å². The molecule has 6 heteroatoms. The summed E-state index contributed by atoms with van der Waals surface area (Å²) in [6.45, 7) is 1.79. The highest BCUT2D eigenvalue weighted by molar-refractivity contribution is 7.99. The molecule has 0 aliphatic heterocycles. The van der Waals surface area contributed by atoms with Gasteiger partial charge in [0.25, 0.3) is 0 Å². The number of thioether (sulfide) groups is 1. The normalized spacial score (nSPS) is 10.4. The lowest BCUT2D eigenvalue weighted by Gasteiger charge is -2.05. The van der Waals surface area contributed by atoms with Crippen LogP contribution < -0.4 is 0 Å². The Balaban J connectivity index is 2.28. The number of carboxylic acid groups (broad SMARTS) is 1. The fraction of sp³-hybridized carbons (Fsp3) is 0.154. The highest BCUT2D eigenvalue weighted by Gasteiger charge is 2.09. The SMILES string of the molecule is CSc1cc(Sc2ccc(C)c(C(=O)O)c2)ncn1. The molecule has 2 rings (SSSR count). The van der Waals surface area contributed by atoms with Crippen molar-refractivity contribution in [3.8, 4) is 0 Å². The van der Waals surface area contributed by atoms with Gasteiger partial charge in [-0.05, 0) is 30.9 Å². The number of carbonyl (C=O) groups is 1. The van der Waals surface area contributed by atoms with Crippen LogP contribution in [0.1, 0.15) is 15.9 Å². The first kappa shape index (κ1) is 13.9. The van der Waals surface area contributed by atoms with Gasteiger partial charge < -0.3 is 5.11 Å². The second kappa shape index (κ2) is 6.08. The van der Waals surface area contributed by atoms with Crippen LogP contribution in [0.2, 0.25) is 0 Å². The van der Waals surface area contributed by atoms with E-state index in [0.717, 1.165) is 20.5 Å². The summed E-state index contributed by atoms with van der Waals surface area (Å²) in [7, 11) is 0. The van der Waals surface area contributed by atoms with Gasteiger partial charge in [-0.1, -0.05) is 17.8 Å².